The molecular formula is C23H34N4O2. The Kier molecular flexibility index (Phi) is 6.32. The van der Waals surface area contributed by atoms with Crippen LogP contribution < -0.4 is 16.4 Å². The molecule has 1 aromatic carbocycles. The predicted octanol–water partition coefficient (Wildman–Crippen LogP) is 2.66. The summed E-state index contributed by atoms with van der Waals surface area (Å²) in [6.45, 7) is 8.90. The van der Waals surface area contributed by atoms with Crippen molar-refractivity contribution in [3.63, 3.8) is 0 Å². The first-order chi connectivity index (χ1) is 13.7. The van der Waals surface area contributed by atoms with Crippen LogP contribution >= 0.6 is 0 Å². The number of aryl methyl sites for hydroxylation is 1. The minimum absolute atomic E-state index is 0.0589. The molecule has 6 nitrogen and oxygen atoms in total. The number of para-hydroxylation sites is 1. The SMILES string of the molecule is CC(C)CCN[C@]1(C(=O)N[C@H](C(N)=O)C(C)C)CCc2[nH]c3ccccc3c2C1. The second-order valence-corrected chi connectivity index (χ2v) is 9.09. The van der Waals surface area contributed by atoms with Gasteiger partial charge < -0.3 is 21.4 Å². The van der Waals surface area contributed by atoms with Crippen LogP contribution in [0.1, 0.15) is 51.8 Å². The molecule has 1 aliphatic carbocycles. The standard InChI is InChI=1S/C23H34N4O2/c1-14(2)10-12-25-23(22(29)27-20(15(3)4)21(24)28)11-9-19-17(13-23)16-7-5-6-8-18(16)26-19/h5-8,14-15,20,25-26H,9-13H2,1-4H3,(H2,24,28)(H,27,29)/t20-,23+/m0/s1. The van der Waals surface area contributed by atoms with Gasteiger partial charge in [0.2, 0.25) is 11.8 Å². The van der Waals surface area contributed by atoms with Crippen molar-refractivity contribution in [3.05, 3.63) is 35.5 Å². The van der Waals surface area contributed by atoms with Crippen LogP contribution in [0, 0.1) is 11.8 Å². The average molecular weight is 399 g/mol. The van der Waals surface area contributed by atoms with Crippen LogP contribution in [0.5, 0.6) is 0 Å². The molecule has 1 aromatic heterocycles. The van der Waals surface area contributed by atoms with Crippen LogP contribution in [0.2, 0.25) is 0 Å². The zero-order chi connectivity index (χ0) is 21.2. The fourth-order valence-electron chi connectivity index (χ4n) is 4.27. The number of amides is 2. The maximum absolute atomic E-state index is 13.5. The Morgan fingerprint density at radius 2 is 1.93 bits per heavy atom. The first kappa shape index (κ1) is 21.4. The van der Waals surface area contributed by atoms with Gasteiger partial charge in [-0.1, -0.05) is 45.9 Å². The third-order valence-corrected chi connectivity index (χ3v) is 6.06. The van der Waals surface area contributed by atoms with E-state index in [2.05, 4.69) is 41.6 Å². The van der Waals surface area contributed by atoms with Gasteiger partial charge in [-0.05, 0) is 49.3 Å². The highest BCUT2D eigenvalue weighted by Gasteiger charge is 2.43. The van der Waals surface area contributed by atoms with E-state index in [1.807, 2.05) is 26.0 Å². The number of benzene rings is 1. The normalized spacial score (nSPS) is 20.1. The number of nitrogens with two attached hydrogens (primary N) is 1. The van der Waals surface area contributed by atoms with Crippen LogP contribution in [0.25, 0.3) is 10.9 Å². The summed E-state index contributed by atoms with van der Waals surface area (Å²) in [6, 6.07) is 7.55. The number of hydrogen-bond donors (Lipinski definition) is 4. The molecule has 0 saturated carbocycles. The van der Waals surface area contributed by atoms with Crippen LogP contribution in [0.3, 0.4) is 0 Å². The van der Waals surface area contributed by atoms with E-state index in [1.54, 1.807) is 0 Å². The molecule has 0 saturated heterocycles. The highest BCUT2D eigenvalue weighted by molar-refractivity contribution is 5.93. The molecule has 158 valence electrons. The third-order valence-electron chi connectivity index (χ3n) is 6.06. The molecule has 6 heteroatoms. The van der Waals surface area contributed by atoms with Gasteiger partial charge in [-0.3, -0.25) is 9.59 Å². The zero-order valence-corrected chi connectivity index (χ0v) is 18.0. The van der Waals surface area contributed by atoms with Crippen molar-refractivity contribution < 1.29 is 9.59 Å². The molecule has 29 heavy (non-hydrogen) atoms. The molecule has 0 unspecified atom stereocenters. The van der Waals surface area contributed by atoms with Crippen molar-refractivity contribution in [3.8, 4) is 0 Å². The van der Waals surface area contributed by atoms with Gasteiger partial charge in [-0.25, -0.2) is 0 Å². The number of primary amides is 1. The van der Waals surface area contributed by atoms with Gasteiger partial charge >= 0.3 is 0 Å². The minimum atomic E-state index is -0.741. The number of nitrogens with one attached hydrogen (secondary N) is 3. The molecule has 0 fully saturated rings. The second kappa shape index (κ2) is 8.57. The van der Waals surface area contributed by atoms with Crippen molar-refractivity contribution in [2.75, 3.05) is 6.54 Å². The Morgan fingerprint density at radius 3 is 2.59 bits per heavy atom. The number of aromatic nitrogens is 1. The lowest BCUT2D eigenvalue weighted by molar-refractivity contribution is -0.133. The maximum Gasteiger partial charge on any atom is 0.241 e. The topological polar surface area (TPSA) is 100 Å². The highest BCUT2D eigenvalue weighted by Crippen LogP contribution is 2.34. The fraction of sp³-hybridized carbons (Fsp3) is 0.565. The summed E-state index contributed by atoms with van der Waals surface area (Å²) in [5.74, 6) is -0.135. The first-order valence-corrected chi connectivity index (χ1v) is 10.7. The Labute approximate surface area is 173 Å². The predicted molar refractivity (Wildman–Crippen MR) is 116 cm³/mol. The molecule has 2 aromatic rings. The summed E-state index contributed by atoms with van der Waals surface area (Å²) in [5.41, 5.74) is 8.32. The van der Waals surface area contributed by atoms with Crippen LogP contribution in [-0.2, 0) is 22.4 Å². The van der Waals surface area contributed by atoms with Gasteiger partial charge in [0.1, 0.15) is 11.6 Å². The van der Waals surface area contributed by atoms with E-state index in [0.29, 0.717) is 18.8 Å². The Bertz CT molecular complexity index is 886. The summed E-state index contributed by atoms with van der Waals surface area (Å²) >= 11 is 0. The van der Waals surface area contributed by atoms with Gasteiger partial charge in [0.05, 0.1) is 0 Å². The Morgan fingerprint density at radius 1 is 1.21 bits per heavy atom. The van der Waals surface area contributed by atoms with E-state index in [1.165, 1.54) is 16.6 Å². The lowest BCUT2D eigenvalue weighted by Gasteiger charge is -2.38. The molecule has 5 N–H and O–H groups in total. The zero-order valence-electron chi connectivity index (χ0n) is 18.0. The number of fused-ring (bicyclic) bond motifs is 3. The summed E-state index contributed by atoms with van der Waals surface area (Å²) in [5, 5.41) is 7.68. The first-order valence-electron chi connectivity index (χ1n) is 10.7. The largest absolute Gasteiger partial charge is 0.368 e. The number of rotatable bonds is 8. The van der Waals surface area contributed by atoms with Gasteiger partial charge in [0, 0.05) is 23.0 Å². The number of hydrogen-bond acceptors (Lipinski definition) is 3. The molecule has 0 spiro atoms. The van der Waals surface area contributed by atoms with E-state index in [0.717, 1.165) is 24.9 Å². The van der Waals surface area contributed by atoms with Crippen LogP contribution in [-0.4, -0.2) is 34.9 Å². The van der Waals surface area contributed by atoms with E-state index in [-0.39, 0.29) is 11.8 Å². The van der Waals surface area contributed by atoms with Gasteiger partial charge in [0.15, 0.2) is 0 Å². The van der Waals surface area contributed by atoms with Crippen LogP contribution in [0.4, 0.5) is 0 Å². The molecule has 2 atom stereocenters. The van der Waals surface area contributed by atoms with Gasteiger partial charge in [-0.15, -0.1) is 0 Å². The smallest absolute Gasteiger partial charge is 0.241 e. The summed E-state index contributed by atoms with van der Waals surface area (Å²) in [7, 11) is 0. The van der Waals surface area contributed by atoms with E-state index >= 15 is 0 Å². The number of carbonyl (C=O) groups excluding carboxylic acids is 2. The average Bonchev–Trinajstić information content (AvgIpc) is 3.02. The Hall–Kier alpha value is -2.34. The summed E-state index contributed by atoms with van der Waals surface area (Å²) in [6.07, 6.45) is 3.05. The molecule has 1 aliphatic rings. The summed E-state index contributed by atoms with van der Waals surface area (Å²) < 4.78 is 0. The second-order valence-electron chi connectivity index (χ2n) is 9.09. The third kappa shape index (κ3) is 4.47. The van der Waals surface area contributed by atoms with Gasteiger partial charge in [0.25, 0.3) is 0 Å². The van der Waals surface area contributed by atoms with Crippen molar-refractivity contribution in [1.29, 1.82) is 0 Å². The van der Waals surface area contributed by atoms with E-state index in [4.69, 9.17) is 5.73 Å². The van der Waals surface area contributed by atoms with Gasteiger partial charge in [-0.2, -0.15) is 0 Å². The quantitative estimate of drug-likeness (QED) is 0.550. The van der Waals surface area contributed by atoms with Crippen molar-refractivity contribution in [2.24, 2.45) is 17.6 Å². The lowest BCUT2D eigenvalue weighted by atomic mass is 9.78. The molecule has 2 amide bonds. The lowest BCUT2D eigenvalue weighted by Crippen LogP contribution is -2.63. The van der Waals surface area contributed by atoms with E-state index < -0.39 is 17.5 Å². The molecule has 3 rings (SSSR count). The summed E-state index contributed by atoms with van der Waals surface area (Å²) in [4.78, 5) is 28.9. The molecular weight excluding hydrogens is 364 g/mol. The molecule has 0 bridgehead atoms. The van der Waals surface area contributed by atoms with Crippen molar-refractivity contribution >= 4 is 22.7 Å². The molecule has 1 heterocycles. The van der Waals surface area contributed by atoms with Crippen molar-refractivity contribution in [1.82, 2.24) is 15.6 Å². The van der Waals surface area contributed by atoms with Crippen LogP contribution in [0.15, 0.2) is 24.3 Å². The number of aromatic amines is 1. The minimum Gasteiger partial charge on any atom is -0.368 e. The van der Waals surface area contributed by atoms with Crippen molar-refractivity contribution in [2.45, 2.75) is 65.0 Å². The number of carbonyl (C=O) groups is 2. The Balaban J connectivity index is 1.92. The highest BCUT2D eigenvalue weighted by atomic mass is 16.2. The number of H-pyrrole nitrogens is 1. The monoisotopic (exact) mass is 398 g/mol. The fourth-order valence-corrected chi connectivity index (χ4v) is 4.27. The molecule has 0 radical (unpaired) electrons. The maximum atomic E-state index is 13.5. The molecule has 0 aliphatic heterocycles. The van der Waals surface area contributed by atoms with E-state index in [9.17, 15) is 9.59 Å².